The van der Waals surface area contributed by atoms with Crippen LogP contribution in [-0.2, 0) is 16.0 Å². The van der Waals surface area contributed by atoms with Crippen molar-refractivity contribution in [3.63, 3.8) is 0 Å². The van der Waals surface area contributed by atoms with Gasteiger partial charge in [-0.3, -0.25) is 9.48 Å². The number of aromatic nitrogens is 2. The molecule has 0 bridgehead atoms. The zero-order chi connectivity index (χ0) is 18.8. The summed E-state index contributed by atoms with van der Waals surface area (Å²) in [5, 5.41) is 5.93. The normalized spacial score (nSPS) is 19.9. The molecule has 2 aliphatic rings. The van der Waals surface area contributed by atoms with Crippen molar-refractivity contribution in [3.05, 3.63) is 30.0 Å². The number of nitrogens with zero attached hydrogens (tertiary/aromatic N) is 3. The highest BCUT2D eigenvalue weighted by Crippen LogP contribution is 2.29. The largest absolute Gasteiger partial charge is 0.381 e. The summed E-state index contributed by atoms with van der Waals surface area (Å²) in [4.78, 5) is 14.8. The number of carbonyl (C=O) groups excluding carboxylic acids is 1. The predicted molar refractivity (Wildman–Crippen MR) is 107 cm³/mol. The first kappa shape index (κ1) is 18.5. The Hall–Kier alpha value is -1.88. The Morgan fingerprint density at radius 2 is 1.93 bits per heavy atom. The molecule has 2 fully saturated rings. The molecule has 27 heavy (non-hydrogen) atoms. The van der Waals surface area contributed by atoms with E-state index in [9.17, 15) is 4.79 Å². The summed E-state index contributed by atoms with van der Waals surface area (Å²) in [6.45, 7) is 7.64. The van der Waals surface area contributed by atoms with Gasteiger partial charge in [0.2, 0.25) is 5.91 Å². The number of fused-ring (bicyclic) bond motifs is 1. The average Bonchev–Trinajstić information content (AvgIpc) is 3.11. The first-order chi connectivity index (χ1) is 13.1. The molecule has 0 atom stereocenters. The number of rotatable bonds is 4. The van der Waals surface area contributed by atoms with Crippen molar-refractivity contribution >= 4 is 16.8 Å². The minimum atomic E-state index is 0.167. The molecule has 0 saturated carbocycles. The highest BCUT2D eigenvalue weighted by atomic mass is 16.5. The molecule has 5 nitrogen and oxygen atoms in total. The Kier molecular flexibility index (Phi) is 5.48. The fourth-order valence-electron chi connectivity index (χ4n) is 4.53. The van der Waals surface area contributed by atoms with E-state index in [0.29, 0.717) is 17.9 Å². The van der Waals surface area contributed by atoms with Gasteiger partial charge in [-0.1, -0.05) is 19.9 Å². The van der Waals surface area contributed by atoms with Crippen LogP contribution in [0.5, 0.6) is 0 Å². The van der Waals surface area contributed by atoms with Gasteiger partial charge in [-0.2, -0.15) is 5.10 Å². The van der Waals surface area contributed by atoms with Crippen molar-refractivity contribution in [1.82, 2.24) is 14.7 Å². The van der Waals surface area contributed by atoms with Crippen LogP contribution in [0, 0.1) is 11.8 Å². The van der Waals surface area contributed by atoms with Crippen molar-refractivity contribution in [1.29, 1.82) is 0 Å². The summed E-state index contributed by atoms with van der Waals surface area (Å²) < 4.78 is 7.58. The predicted octanol–water partition coefficient (Wildman–Crippen LogP) is 3.82. The number of likely N-dealkylation sites (tertiary alicyclic amines) is 1. The van der Waals surface area contributed by atoms with Crippen molar-refractivity contribution in [2.24, 2.45) is 11.8 Å². The molecule has 1 amide bonds. The number of piperidine rings is 1. The topological polar surface area (TPSA) is 47.4 Å². The first-order valence-electron chi connectivity index (χ1n) is 10.4. The van der Waals surface area contributed by atoms with E-state index >= 15 is 0 Å². The van der Waals surface area contributed by atoms with Gasteiger partial charge in [-0.25, -0.2) is 0 Å². The number of benzene rings is 1. The molecular weight excluding hydrogens is 338 g/mol. The molecule has 4 rings (SSSR count). The molecule has 1 aromatic carbocycles. The van der Waals surface area contributed by atoms with Gasteiger partial charge in [0.05, 0.1) is 17.8 Å². The third-order valence-electron chi connectivity index (χ3n) is 6.00. The zero-order valence-electron chi connectivity index (χ0n) is 16.6. The quantitative estimate of drug-likeness (QED) is 0.823. The Balaban J connectivity index is 1.41. The SMILES string of the molecule is CC(C)Cc1ccc2c(cnn2C2CCN(C(=O)C3CCOCC3)CC2)c1. The summed E-state index contributed by atoms with van der Waals surface area (Å²) in [6.07, 6.45) is 6.83. The van der Waals surface area contributed by atoms with Crippen LogP contribution in [0.4, 0.5) is 0 Å². The Bertz CT molecular complexity index is 784. The smallest absolute Gasteiger partial charge is 0.225 e. The molecule has 146 valence electrons. The lowest BCUT2D eigenvalue weighted by Crippen LogP contribution is -2.43. The lowest BCUT2D eigenvalue weighted by atomic mass is 9.96. The molecule has 2 aromatic rings. The minimum absolute atomic E-state index is 0.167. The Morgan fingerprint density at radius 1 is 1.19 bits per heavy atom. The second-order valence-electron chi connectivity index (χ2n) is 8.52. The fourth-order valence-corrected chi connectivity index (χ4v) is 4.53. The van der Waals surface area contributed by atoms with E-state index in [2.05, 4.69) is 41.6 Å². The number of hydrogen-bond acceptors (Lipinski definition) is 3. The number of ether oxygens (including phenoxy) is 1. The monoisotopic (exact) mass is 369 g/mol. The number of carbonyl (C=O) groups is 1. The number of hydrogen-bond donors (Lipinski definition) is 0. The first-order valence-corrected chi connectivity index (χ1v) is 10.4. The standard InChI is InChI=1S/C22H31N3O2/c1-16(2)13-17-3-4-21-19(14-17)15-23-25(21)20-5-9-24(10-6-20)22(26)18-7-11-27-12-8-18/h3-4,14-16,18,20H,5-13H2,1-2H3. The zero-order valence-corrected chi connectivity index (χ0v) is 16.6. The highest BCUT2D eigenvalue weighted by molar-refractivity contribution is 5.80. The van der Waals surface area contributed by atoms with Crippen molar-refractivity contribution in [2.45, 2.75) is 52.0 Å². The van der Waals surface area contributed by atoms with Gasteiger partial charge in [0.15, 0.2) is 0 Å². The van der Waals surface area contributed by atoms with Crippen molar-refractivity contribution < 1.29 is 9.53 Å². The van der Waals surface area contributed by atoms with Crippen molar-refractivity contribution in [2.75, 3.05) is 26.3 Å². The van der Waals surface area contributed by atoms with Crippen LogP contribution in [0.25, 0.3) is 10.9 Å². The van der Waals surface area contributed by atoms with Gasteiger partial charge in [0, 0.05) is 37.6 Å². The highest BCUT2D eigenvalue weighted by Gasteiger charge is 2.30. The van der Waals surface area contributed by atoms with Crippen LogP contribution in [0.1, 0.15) is 51.1 Å². The molecule has 0 aliphatic carbocycles. The molecule has 0 radical (unpaired) electrons. The average molecular weight is 370 g/mol. The van der Waals surface area contributed by atoms with Gasteiger partial charge in [-0.05, 0) is 55.7 Å². The summed E-state index contributed by atoms with van der Waals surface area (Å²) in [7, 11) is 0. The van der Waals surface area contributed by atoms with Gasteiger partial charge in [0.25, 0.3) is 0 Å². The third-order valence-corrected chi connectivity index (χ3v) is 6.00. The molecule has 0 spiro atoms. The third kappa shape index (κ3) is 4.03. The Labute approximate surface area is 161 Å². The van der Waals surface area contributed by atoms with Crippen LogP contribution in [0.15, 0.2) is 24.4 Å². The molecule has 2 saturated heterocycles. The summed E-state index contributed by atoms with van der Waals surface area (Å²) in [5.74, 6) is 1.16. The molecule has 0 unspecified atom stereocenters. The maximum absolute atomic E-state index is 12.7. The van der Waals surface area contributed by atoms with E-state index < -0.39 is 0 Å². The molecule has 3 heterocycles. The van der Waals surface area contributed by atoms with E-state index in [1.54, 1.807) is 0 Å². The van der Waals surface area contributed by atoms with Crippen molar-refractivity contribution in [3.8, 4) is 0 Å². The molecule has 0 N–H and O–H groups in total. The van der Waals surface area contributed by atoms with Gasteiger partial charge >= 0.3 is 0 Å². The van der Waals surface area contributed by atoms with Crippen LogP contribution >= 0.6 is 0 Å². The van der Waals surface area contributed by atoms with Crippen LogP contribution < -0.4 is 0 Å². The molecular formula is C22H31N3O2. The van der Waals surface area contributed by atoms with E-state index in [0.717, 1.165) is 58.4 Å². The maximum atomic E-state index is 12.7. The van der Waals surface area contributed by atoms with E-state index in [1.165, 1.54) is 16.5 Å². The van der Waals surface area contributed by atoms with E-state index in [1.807, 2.05) is 6.20 Å². The second kappa shape index (κ2) is 8.01. The Morgan fingerprint density at radius 3 is 2.63 bits per heavy atom. The fraction of sp³-hybridized carbons (Fsp3) is 0.636. The van der Waals surface area contributed by atoms with Gasteiger partial charge in [0.1, 0.15) is 0 Å². The lowest BCUT2D eigenvalue weighted by Gasteiger charge is -2.35. The van der Waals surface area contributed by atoms with E-state index in [-0.39, 0.29) is 5.92 Å². The second-order valence-corrected chi connectivity index (χ2v) is 8.52. The molecule has 1 aromatic heterocycles. The maximum Gasteiger partial charge on any atom is 0.225 e. The summed E-state index contributed by atoms with van der Waals surface area (Å²) in [6, 6.07) is 7.13. The van der Waals surface area contributed by atoms with Gasteiger partial charge in [-0.15, -0.1) is 0 Å². The van der Waals surface area contributed by atoms with Crippen LogP contribution in [0.3, 0.4) is 0 Å². The van der Waals surface area contributed by atoms with E-state index in [4.69, 9.17) is 9.84 Å². The summed E-state index contributed by atoms with van der Waals surface area (Å²) >= 11 is 0. The number of amides is 1. The lowest BCUT2D eigenvalue weighted by molar-refractivity contribution is -0.139. The van der Waals surface area contributed by atoms with Gasteiger partial charge < -0.3 is 9.64 Å². The summed E-state index contributed by atoms with van der Waals surface area (Å²) in [5.41, 5.74) is 2.60. The minimum Gasteiger partial charge on any atom is -0.381 e. The molecule has 5 heteroatoms. The molecule has 2 aliphatic heterocycles. The van der Waals surface area contributed by atoms with Crippen LogP contribution in [-0.4, -0.2) is 46.9 Å². The van der Waals surface area contributed by atoms with Crippen LogP contribution in [0.2, 0.25) is 0 Å².